The maximum absolute atomic E-state index is 5.39. The van der Waals surface area contributed by atoms with Crippen molar-refractivity contribution < 1.29 is 4.42 Å². The number of furan rings is 1. The zero-order chi connectivity index (χ0) is 8.97. The van der Waals surface area contributed by atoms with Gasteiger partial charge >= 0.3 is 0 Å². The molecule has 4 nitrogen and oxygen atoms in total. The quantitative estimate of drug-likeness (QED) is 0.390. The molecule has 1 rings (SSSR count). The van der Waals surface area contributed by atoms with Crippen LogP contribution in [0.4, 0.5) is 0 Å². The number of nitrogens with two attached hydrogens (primary N) is 1. The molecule has 0 atom stereocenters. The fourth-order valence-electron chi connectivity index (χ4n) is 1.05. The van der Waals surface area contributed by atoms with Gasteiger partial charge in [0.05, 0.1) is 13.2 Å². The molecular formula is C8H15N3O. The van der Waals surface area contributed by atoms with Gasteiger partial charge in [0.1, 0.15) is 11.5 Å². The second-order valence-corrected chi connectivity index (χ2v) is 2.89. The maximum Gasteiger partial charge on any atom is 0.118 e. The highest BCUT2D eigenvalue weighted by molar-refractivity contribution is 5.05. The second-order valence-electron chi connectivity index (χ2n) is 2.89. The van der Waals surface area contributed by atoms with Crippen LogP contribution in [-0.2, 0) is 6.54 Å². The van der Waals surface area contributed by atoms with Gasteiger partial charge in [-0.15, -0.1) is 0 Å². The molecule has 1 aromatic heterocycles. The van der Waals surface area contributed by atoms with Crippen molar-refractivity contribution in [3.05, 3.63) is 23.7 Å². The molecule has 0 aliphatic heterocycles. The molecule has 0 spiro atoms. The molecular weight excluding hydrogens is 154 g/mol. The van der Waals surface area contributed by atoms with Gasteiger partial charge in [-0.05, 0) is 26.1 Å². The van der Waals surface area contributed by atoms with E-state index in [-0.39, 0.29) is 0 Å². The molecule has 12 heavy (non-hydrogen) atoms. The zero-order valence-corrected chi connectivity index (χ0v) is 7.50. The highest BCUT2D eigenvalue weighted by atomic mass is 16.3. The van der Waals surface area contributed by atoms with Crippen LogP contribution >= 0.6 is 0 Å². The summed E-state index contributed by atoms with van der Waals surface area (Å²) in [6, 6.07) is 3.93. The molecule has 68 valence electrons. The average Bonchev–Trinajstić information content (AvgIpc) is 2.36. The highest BCUT2D eigenvalue weighted by Gasteiger charge is 2.01. The van der Waals surface area contributed by atoms with Crippen LogP contribution in [-0.4, -0.2) is 18.6 Å². The molecule has 1 aromatic rings. The molecule has 0 saturated heterocycles. The normalized spacial score (nSPS) is 11.0. The Hall–Kier alpha value is -0.840. The van der Waals surface area contributed by atoms with E-state index in [2.05, 4.69) is 5.43 Å². The summed E-state index contributed by atoms with van der Waals surface area (Å²) < 4.78 is 5.39. The fourth-order valence-corrected chi connectivity index (χ4v) is 1.05. The van der Waals surface area contributed by atoms with Crippen LogP contribution in [0.3, 0.4) is 0 Å². The van der Waals surface area contributed by atoms with Gasteiger partial charge in [0.25, 0.3) is 0 Å². The predicted octanol–water partition coefficient (Wildman–Crippen LogP) is 0.441. The number of nitrogens with one attached hydrogen (secondary N) is 1. The van der Waals surface area contributed by atoms with E-state index in [1.165, 1.54) is 0 Å². The molecule has 3 N–H and O–H groups in total. The van der Waals surface area contributed by atoms with Crippen LogP contribution in [0, 0.1) is 6.92 Å². The standard InChI is InChI=1S/C8H15N3O/c1-7-3-4-8(12-7)5-11(2)6-10-9/h3-4,10H,5-6,9H2,1-2H3. The Morgan fingerprint density at radius 3 is 2.83 bits per heavy atom. The minimum atomic E-state index is 0.653. The number of rotatable bonds is 4. The highest BCUT2D eigenvalue weighted by Crippen LogP contribution is 2.07. The first-order valence-corrected chi connectivity index (χ1v) is 3.89. The van der Waals surface area contributed by atoms with Crippen molar-refractivity contribution in [2.45, 2.75) is 13.5 Å². The number of nitrogens with zero attached hydrogens (tertiary/aromatic N) is 1. The van der Waals surface area contributed by atoms with Gasteiger partial charge in [0, 0.05) is 0 Å². The topological polar surface area (TPSA) is 54.4 Å². The van der Waals surface area contributed by atoms with E-state index in [0.29, 0.717) is 6.67 Å². The van der Waals surface area contributed by atoms with Crippen LogP contribution in [0.5, 0.6) is 0 Å². The lowest BCUT2D eigenvalue weighted by molar-refractivity contribution is 0.273. The lowest BCUT2D eigenvalue weighted by Gasteiger charge is -2.13. The Balaban J connectivity index is 2.41. The van der Waals surface area contributed by atoms with Crippen LogP contribution < -0.4 is 11.3 Å². The summed E-state index contributed by atoms with van der Waals surface area (Å²) >= 11 is 0. The Morgan fingerprint density at radius 2 is 2.33 bits per heavy atom. The van der Waals surface area contributed by atoms with Crippen molar-refractivity contribution in [3.8, 4) is 0 Å². The third-order valence-corrected chi connectivity index (χ3v) is 1.58. The molecule has 0 aromatic carbocycles. The molecule has 0 aliphatic rings. The van der Waals surface area contributed by atoms with Crippen molar-refractivity contribution in [2.75, 3.05) is 13.7 Å². The number of hydrazine groups is 1. The van der Waals surface area contributed by atoms with Gasteiger partial charge in [-0.1, -0.05) is 0 Å². The Bertz CT molecular complexity index is 234. The van der Waals surface area contributed by atoms with E-state index < -0.39 is 0 Å². The molecule has 0 aliphatic carbocycles. The first-order chi connectivity index (χ1) is 5.72. The van der Waals surface area contributed by atoms with E-state index in [0.717, 1.165) is 18.1 Å². The predicted molar refractivity (Wildman–Crippen MR) is 47.1 cm³/mol. The zero-order valence-electron chi connectivity index (χ0n) is 7.50. The third-order valence-electron chi connectivity index (χ3n) is 1.58. The first kappa shape index (κ1) is 9.25. The molecule has 4 heteroatoms. The Kier molecular flexibility index (Phi) is 3.28. The lowest BCUT2D eigenvalue weighted by atomic mass is 10.4. The summed E-state index contributed by atoms with van der Waals surface area (Å²) in [5.74, 6) is 7.07. The van der Waals surface area contributed by atoms with Crippen molar-refractivity contribution in [1.82, 2.24) is 10.3 Å². The van der Waals surface area contributed by atoms with Crippen molar-refractivity contribution in [1.29, 1.82) is 0 Å². The van der Waals surface area contributed by atoms with Crippen molar-refractivity contribution >= 4 is 0 Å². The van der Waals surface area contributed by atoms with Gasteiger partial charge in [-0.25, -0.2) is 5.43 Å². The summed E-state index contributed by atoms with van der Waals surface area (Å²) in [7, 11) is 1.97. The summed E-state index contributed by atoms with van der Waals surface area (Å²) in [5, 5.41) is 0. The molecule has 0 bridgehead atoms. The molecule has 0 saturated carbocycles. The van der Waals surface area contributed by atoms with Crippen LogP contribution in [0.25, 0.3) is 0 Å². The number of hydrogen-bond acceptors (Lipinski definition) is 4. The second kappa shape index (κ2) is 4.25. The largest absolute Gasteiger partial charge is 0.465 e. The molecule has 0 unspecified atom stereocenters. The smallest absolute Gasteiger partial charge is 0.118 e. The Morgan fingerprint density at radius 1 is 1.58 bits per heavy atom. The van der Waals surface area contributed by atoms with Gasteiger partial charge in [-0.3, -0.25) is 10.7 Å². The van der Waals surface area contributed by atoms with E-state index >= 15 is 0 Å². The minimum absolute atomic E-state index is 0.653. The van der Waals surface area contributed by atoms with Gasteiger partial charge in [0.2, 0.25) is 0 Å². The van der Waals surface area contributed by atoms with Gasteiger partial charge in [0.15, 0.2) is 0 Å². The summed E-state index contributed by atoms with van der Waals surface area (Å²) in [4.78, 5) is 2.03. The van der Waals surface area contributed by atoms with Crippen molar-refractivity contribution in [3.63, 3.8) is 0 Å². The van der Waals surface area contributed by atoms with E-state index in [1.807, 2.05) is 31.0 Å². The van der Waals surface area contributed by atoms with Crippen LogP contribution in [0.1, 0.15) is 11.5 Å². The SMILES string of the molecule is Cc1ccc(CN(C)CNN)o1. The van der Waals surface area contributed by atoms with E-state index in [9.17, 15) is 0 Å². The average molecular weight is 169 g/mol. The summed E-state index contributed by atoms with van der Waals surface area (Å²) in [6.07, 6.45) is 0. The fraction of sp³-hybridized carbons (Fsp3) is 0.500. The molecule has 0 radical (unpaired) electrons. The first-order valence-electron chi connectivity index (χ1n) is 3.89. The van der Waals surface area contributed by atoms with Crippen molar-refractivity contribution in [2.24, 2.45) is 5.84 Å². The number of aryl methyl sites for hydroxylation is 1. The van der Waals surface area contributed by atoms with Crippen LogP contribution in [0.15, 0.2) is 16.5 Å². The van der Waals surface area contributed by atoms with E-state index in [1.54, 1.807) is 0 Å². The monoisotopic (exact) mass is 169 g/mol. The van der Waals surface area contributed by atoms with Crippen LogP contribution in [0.2, 0.25) is 0 Å². The molecule has 1 heterocycles. The summed E-state index contributed by atoms with van der Waals surface area (Å²) in [6.45, 7) is 3.36. The molecule has 0 fully saturated rings. The van der Waals surface area contributed by atoms with Gasteiger partial charge < -0.3 is 4.42 Å². The summed E-state index contributed by atoms with van der Waals surface area (Å²) in [5.41, 5.74) is 2.58. The lowest BCUT2D eigenvalue weighted by Crippen LogP contribution is -2.34. The number of hydrogen-bond donors (Lipinski definition) is 2. The minimum Gasteiger partial charge on any atom is -0.465 e. The third kappa shape index (κ3) is 2.65. The Labute approximate surface area is 72.3 Å². The van der Waals surface area contributed by atoms with E-state index in [4.69, 9.17) is 10.3 Å². The van der Waals surface area contributed by atoms with Gasteiger partial charge in [-0.2, -0.15) is 0 Å². The maximum atomic E-state index is 5.39. The molecule has 0 amide bonds.